The molecule has 0 radical (unpaired) electrons. The maximum absolute atomic E-state index is 12.8. The van der Waals surface area contributed by atoms with Crippen molar-refractivity contribution in [1.82, 2.24) is 10.2 Å². The van der Waals surface area contributed by atoms with Gasteiger partial charge >= 0.3 is 0 Å². The van der Waals surface area contributed by atoms with Gasteiger partial charge in [0.1, 0.15) is 12.4 Å². The van der Waals surface area contributed by atoms with Crippen LogP contribution >= 0.6 is 0 Å². The number of ether oxygens (including phenoxy) is 1. The van der Waals surface area contributed by atoms with Crippen molar-refractivity contribution in [2.45, 2.75) is 31.3 Å². The molecule has 0 aliphatic carbocycles. The molecule has 2 bridgehead atoms. The lowest BCUT2D eigenvalue weighted by Crippen LogP contribution is -2.48. The fourth-order valence-corrected chi connectivity index (χ4v) is 3.95. The van der Waals surface area contributed by atoms with E-state index in [1.165, 1.54) is 0 Å². The van der Waals surface area contributed by atoms with Crippen molar-refractivity contribution in [2.75, 3.05) is 19.7 Å². The van der Waals surface area contributed by atoms with E-state index in [1.807, 2.05) is 47.4 Å². The van der Waals surface area contributed by atoms with E-state index in [2.05, 4.69) is 5.32 Å². The molecule has 0 unspecified atom stereocenters. The number of fused-ring (bicyclic) bond motifs is 5. The van der Waals surface area contributed by atoms with Crippen LogP contribution in [0.5, 0.6) is 5.75 Å². The van der Waals surface area contributed by atoms with Crippen molar-refractivity contribution in [2.24, 2.45) is 5.73 Å². The van der Waals surface area contributed by atoms with Crippen LogP contribution in [0.2, 0.25) is 0 Å². The van der Waals surface area contributed by atoms with Gasteiger partial charge in [-0.05, 0) is 48.6 Å². The molecular weight excluding hydrogens is 354 g/mol. The molecule has 2 heterocycles. The Morgan fingerprint density at radius 3 is 2.71 bits per heavy atom. The summed E-state index contributed by atoms with van der Waals surface area (Å²) in [7, 11) is 0. The highest BCUT2D eigenvalue weighted by atomic mass is 16.5. The molecule has 6 nitrogen and oxygen atoms in total. The molecule has 0 aromatic heterocycles. The van der Waals surface area contributed by atoms with E-state index in [9.17, 15) is 9.59 Å². The highest BCUT2D eigenvalue weighted by Crippen LogP contribution is 2.28. The van der Waals surface area contributed by atoms with Crippen LogP contribution in [0.25, 0.3) is 11.1 Å². The van der Waals surface area contributed by atoms with E-state index < -0.39 is 6.04 Å². The van der Waals surface area contributed by atoms with Crippen molar-refractivity contribution in [1.29, 1.82) is 0 Å². The van der Waals surface area contributed by atoms with E-state index in [4.69, 9.17) is 10.5 Å². The number of carbonyl (C=O) groups is 2. The van der Waals surface area contributed by atoms with Gasteiger partial charge in [-0.15, -0.1) is 0 Å². The average Bonchev–Trinajstić information content (AvgIpc) is 3.19. The average molecular weight is 379 g/mol. The third kappa shape index (κ3) is 3.73. The topological polar surface area (TPSA) is 84.7 Å². The summed E-state index contributed by atoms with van der Waals surface area (Å²) in [5.41, 5.74) is 8.49. The Balaban J connectivity index is 1.68. The van der Waals surface area contributed by atoms with Crippen molar-refractivity contribution >= 4 is 11.8 Å². The second-order valence-electron chi connectivity index (χ2n) is 7.36. The Morgan fingerprint density at radius 2 is 1.86 bits per heavy atom. The molecule has 1 saturated heterocycles. The molecule has 3 N–H and O–H groups in total. The fourth-order valence-electron chi connectivity index (χ4n) is 3.95. The molecule has 4 rings (SSSR count). The van der Waals surface area contributed by atoms with Crippen LogP contribution in [0.15, 0.2) is 48.5 Å². The normalized spacial score (nSPS) is 23.0. The lowest BCUT2D eigenvalue weighted by atomic mass is 9.99. The van der Waals surface area contributed by atoms with Crippen molar-refractivity contribution in [3.63, 3.8) is 0 Å². The number of amides is 2. The molecule has 2 amide bonds. The van der Waals surface area contributed by atoms with Crippen molar-refractivity contribution in [3.05, 3.63) is 54.1 Å². The van der Waals surface area contributed by atoms with Gasteiger partial charge < -0.3 is 20.7 Å². The predicted octanol–water partition coefficient (Wildman–Crippen LogP) is 2.18. The number of hydrogen-bond donors (Lipinski definition) is 2. The summed E-state index contributed by atoms with van der Waals surface area (Å²) in [6.07, 6.45) is 2.28. The van der Waals surface area contributed by atoms with Crippen LogP contribution in [0, 0.1) is 0 Å². The number of benzene rings is 2. The number of rotatable bonds is 0. The molecule has 0 spiro atoms. The zero-order valence-corrected chi connectivity index (χ0v) is 15.8. The van der Waals surface area contributed by atoms with E-state index in [0.29, 0.717) is 31.7 Å². The maximum atomic E-state index is 12.8. The van der Waals surface area contributed by atoms with Gasteiger partial charge in [-0.25, -0.2) is 0 Å². The monoisotopic (exact) mass is 379 g/mol. The van der Waals surface area contributed by atoms with E-state index in [-0.39, 0.29) is 17.9 Å². The Morgan fingerprint density at radius 1 is 1.04 bits per heavy atom. The number of hydrogen-bond acceptors (Lipinski definition) is 4. The SMILES string of the molecule is N[C@@H]1CCNC(=O)c2ccccc2-c2cccc(c2)OC[C@@H]2CCCN2C1=O. The van der Waals surface area contributed by atoms with Crippen molar-refractivity contribution < 1.29 is 14.3 Å². The summed E-state index contributed by atoms with van der Waals surface area (Å²) in [5, 5.41) is 2.91. The first-order valence-electron chi connectivity index (χ1n) is 9.80. The Hall–Kier alpha value is -2.86. The third-order valence-electron chi connectivity index (χ3n) is 5.48. The van der Waals surface area contributed by atoms with E-state index in [0.717, 1.165) is 29.7 Å². The Bertz CT molecular complexity index is 883. The predicted molar refractivity (Wildman–Crippen MR) is 107 cm³/mol. The zero-order valence-electron chi connectivity index (χ0n) is 15.8. The van der Waals surface area contributed by atoms with Crippen LogP contribution < -0.4 is 15.8 Å². The van der Waals surface area contributed by atoms with Gasteiger partial charge in [0.05, 0.1) is 12.1 Å². The molecule has 28 heavy (non-hydrogen) atoms. The molecular formula is C22H25N3O3. The number of nitrogens with zero attached hydrogens (tertiary/aromatic N) is 1. The minimum absolute atomic E-state index is 0.0363. The fraction of sp³-hybridized carbons (Fsp3) is 0.364. The summed E-state index contributed by atoms with van der Waals surface area (Å²) in [6, 6.07) is 14.6. The van der Waals surface area contributed by atoms with Gasteiger partial charge in [-0.1, -0.05) is 30.3 Å². The largest absolute Gasteiger partial charge is 0.491 e. The van der Waals surface area contributed by atoms with E-state index in [1.54, 1.807) is 6.07 Å². The number of nitrogens with two attached hydrogens (primary N) is 1. The summed E-state index contributed by atoms with van der Waals surface area (Å²) >= 11 is 0. The van der Waals surface area contributed by atoms with Crippen LogP contribution in [-0.4, -0.2) is 48.5 Å². The summed E-state index contributed by atoms with van der Waals surface area (Å²) in [6.45, 7) is 1.51. The third-order valence-corrected chi connectivity index (χ3v) is 5.48. The molecule has 2 aromatic carbocycles. The first-order valence-corrected chi connectivity index (χ1v) is 9.80. The van der Waals surface area contributed by atoms with Gasteiger partial charge in [-0.2, -0.15) is 0 Å². The molecule has 0 saturated carbocycles. The van der Waals surface area contributed by atoms with E-state index >= 15 is 0 Å². The van der Waals surface area contributed by atoms with Crippen LogP contribution in [0.4, 0.5) is 0 Å². The zero-order chi connectivity index (χ0) is 19.5. The summed E-state index contributed by atoms with van der Waals surface area (Å²) in [4.78, 5) is 27.3. The molecule has 146 valence electrons. The molecule has 1 fully saturated rings. The highest BCUT2D eigenvalue weighted by Gasteiger charge is 2.32. The first-order chi connectivity index (χ1) is 13.6. The highest BCUT2D eigenvalue weighted by molar-refractivity contribution is 6.01. The standard InChI is InChI=1S/C22H25N3O3/c23-20-10-11-24-21(26)19-9-2-1-8-18(19)15-5-3-7-17(13-15)28-14-16-6-4-12-25(16)22(20)27/h1-3,5,7-9,13,16,20H,4,6,10-12,14,23H2,(H,24,26)/t16-,20+/m0/s1. The minimum Gasteiger partial charge on any atom is -0.491 e. The maximum Gasteiger partial charge on any atom is 0.251 e. The van der Waals surface area contributed by atoms with Gasteiger partial charge in [0.2, 0.25) is 5.91 Å². The van der Waals surface area contributed by atoms with Gasteiger partial charge in [0, 0.05) is 18.7 Å². The van der Waals surface area contributed by atoms with Crippen LogP contribution in [-0.2, 0) is 4.79 Å². The lowest BCUT2D eigenvalue weighted by Gasteiger charge is -2.27. The number of carbonyl (C=O) groups excluding carboxylic acids is 2. The summed E-state index contributed by atoms with van der Waals surface area (Å²) in [5.74, 6) is 0.492. The smallest absolute Gasteiger partial charge is 0.251 e. The molecule has 2 aliphatic heterocycles. The quantitative estimate of drug-likeness (QED) is 0.735. The Labute approximate surface area is 164 Å². The van der Waals surface area contributed by atoms with Crippen LogP contribution in [0.3, 0.4) is 0 Å². The van der Waals surface area contributed by atoms with Crippen molar-refractivity contribution in [3.8, 4) is 16.9 Å². The second kappa shape index (κ2) is 8.02. The van der Waals surface area contributed by atoms with Gasteiger partial charge in [0.15, 0.2) is 0 Å². The van der Waals surface area contributed by atoms with Gasteiger partial charge in [0.25, 0.3) is 5.91 Å². The number of nitrogens with one attached hydrogen (secondary N) is 1. The Kier molecular flexibility index (Phi) is 5.30. The lowest BCUT2D eigenvalue weighted by molar-refractivity contribution is -0.134. The molecule has 2 aromatic rings. The molecule has 2 atom stereocenters. The molecule has 2 aliphatic rings. The minimum atomic E-state index is -0.623. The first kappa shape index (κ1) is 18.5. The molecule has 6 heteroatoms. The van der Waals surface area contributed by atoms with Crippen LogP contribution in [0.1, 0.15) is 29.6 Å². The van der Waals surface area contributed by atoms with Gasteiger partial charge in [-0.3, -0.25) is 9.59 Å². The second-order valence-corrected chi connectivity index (χ2v) is 7.36. The summed E-state index contributed by atoms with van der Waals surface area (Å²) < 4.78 is 6.03.